The number of H-pyrrole nitrogens is 2. The highest BCUT2D eigenvalue weighted by Gasteiger charge is 2.09. The quantitative estimate of drug-likeness (QED) is 0.348. The van der Waals surface area contributed by atoms with E-state index in [2.05, 4.69) is 69.3 Å². The predicted octanol–water partition coefficient (Wildman–Crippen LogP) is 6.49. The monoisotopic (exact) mass is 412 g/mol. The Labute approximate surface area is 174 Å². The average Bonchev–Trinajstić information content (AvgIpc) is 3.53. The predicted molar refractivity (Wildman–Crippen MR) is 122 cm³/mol. The molecule has 0 aliphatic carbocycles. The number of hydrogen-bond donors (Lipinski definition) is 2. The van der Waals surface area contributed by atoms with Crippen molar-refractivity contribution >= 4 is 44.7 Å². The van der Waals surface area contributed by atoms with Crippen molar-refractivity contribution in [1.82, 2.24) is 19.9 Å². The molecular formula is C23H16N4S2. The number of fused-ring (bicyclic) bond motifs is 2. The van der Waals surface area contributed by atoms with Gasteiger partial charge in [0.25, 0.3) is 0 Å². The van der Waals surface area contributed by atoms with Crippen molar-refractivity contribution < 1.29 is 0 Å². The summed E-state index contributed by atoms with van der Waals surface area (Å²) in [7, 11) is 0. The lowest BCUT2D eigenvalue weighted by molar-refractivity contribution is 1.20. The van der Waals surface area contributed by atoms with Crippen LogP contribution in [0.3, 0.4) is 0 Å². The number of rotatable bonds is 4. The van der Waals surface area contributed by atoms with Crippen LogP contribution in [0.1, 0.15) is 11.1 Å². The standard InChI is InChI=1S/C23H16N4S2/c1-3-20(28-9-1)22-24-16-7-5-14(12-18(16)26-22)11-15-6-8-17-19(13-15)27-23(25-17)21-4-2-10-29-21/h1-10,12-13H,11H2,(H,24,26)(H,25,27). The summed E-state index contributed by atoms with van der Waals surface area (Å²) in [5, 5.41) is 4.15. The first-order valence-electron chi connectivity index (χ1n) is 9.37. The molecule has 4 aromatic heterocycles. The van der Waals surface area contributed by atoms with E-state index in [0.717, 1.165) is 49.9 Å². The zero-order valence-electron chi connectivity index (χ0n) is 15.3. The van der Waals surface area contributed by atoms with E-state index in [1.54, 1.807) is 22.7 Å². The Hall–Kier alpha value is -3.22. The highest BCUT2D eigenvalue weighted by Crippen LogP contribution is 2.27. The van der Waals surface area contributed by atoms with E-state index in [1.807, 2.05) is 12.1 Å². The number of benzene rings is 2. The van der Waals surface area contributed by atoms with Gasteiger partial charge in [-0.25, -0.2) is 9.97 Å². The molecule has 0 amide bonds. The molecule has 0 spiro atoms. The number of nitrogens with one attached hydrogen (secondary N) is 2. The molecule has 0 aliphatic rings. The second-order valence-corrected chi connectivity index (χ2v) is 8.90. The van der Waals surface area contributed by atoms with Gasteiger partial charge >= 0.3 is 0 Å². The van der Waals surface area contributed by atoms with Crippen LogP contribution in [0.15, 0.2) is 71.4 Å². The first-order valence-corrected chi connectivity index (χ1v) is 11.1. The van der Waals surface area contributed by atoms with Crippen LogP contribution in [0, 0.1) is 0 Å². The zero-order chi connectivity index (χ0) is 19.2. The van der Waals surface area contributed by atoms with Gasteiger partial charge in [-0.15, -0.1) is 22.7 Å². The molecule has 140 valence electrons. The molecule has 2 N–H and O–H groups in total. The van der Waals surface area contributed by atoms with E-state index < -0.39 is 0 Å². The number of nitrogens with zero attached hydrogens (tertiary/aromatic N) is 2. The number of aromatic amines is 2. The third-order valence-electron chi connectivity index (χ3n) is 5.01. The fourth-order valence-corrected chi connectivity index (χ4v) is 4.97. The van der Waals surface area contributed by atoms with Gasteiger partial charge in [-0.2, -0.15) is 0 Å². The van der Waals surface area contributed by atoms with Gasteiger partial charge in [0.1, 0.15) is 11.6 Å². The van der Waals surface area contributed by atoms with Crippen LogP contribution in [0.2, 0.25) is 0 Å². The average molecular weight is 413 g/mol. The van der Waals surface area contributed by atoms with Gasteiger partial charge in [0.15, 0.2) is 0 Å². The molecule has 29 heavy (non-hydrogen) atoms. The maximum Gasteiger partial charge on any atom is 0.148 e. The Bertz CT molecular complexity index is 1310. The van der Waals surface area contributed by atoms with E-state index in [4.69, 9.17) is 9.97 Å². The molecule has 0 fully saturated rings. The largest absolute Gasteiger partial charge is 0.337 e. The summed E-state index contributed by atoms with van der Waals surface area (Å²) >= 11 is 3.40. The van der Waals surface area contributed by atoms with E-state index >= 15 is 0 Å². The van der Waals surface area contributed by atoms with Crippen molar-refractivity contribution in [2.75, 3.05) is 0 Å². The summed E-state index contributed by atoms with van der Waals surface area (Å²) < 4.78 is 0. The minimum Gasteiger partial charge on any atom is -0.337 e. The molecule has 0 saturated carbocycles. The molecule has 4 heterocycles. The van der Waals surface area contributed by atoms with Crippen LogP contribution in [-0.4, -0.2) is 19.9 Å². The number of hydrogen-bond acceptors (Lipinski definition) is 4. The number of thiophene rings is 2. The second-order valence-electron chi connectivity index (χ2n) is 7.01. The van der Waals surface area contributed by atoms with Crippen molar-refractivity contribution in [1.29, 1.82) is 0 Å². The summed E-state index contributed by atoms with van der Waals surface area (Å²) in [5.74, 6) is 1.87. The summed E-state index contributed by atoms with van der Waals surface area (Å²) in [6.07, 6.45) is 0.868. The van der Waals surface area contributed by atoms with Gasteiger partial charge in [0, 0.05) is 0 Å². The summed E-state index contributed by atoms with van der Waals surface area (Å²) in [6, 6.07) is 21.2. The Morgan fingerprint density at radius 2 is 1.17 bits per heavy atom. The summed E-state index contributed by atoms with van der Waals surface area (Å²) in [5.41, 5.74) is 6.68. The molecule has 0 aliphatic heterocycles. The van der Waals surface area contributed by atoms with Crippen molar-refractivity contribution in [3.8, 4) is 21.4 Å². The molecule has 6 heteroatoms. The molecule has 0 unspecified atom stereocenters. The molecule has 2 aromatic carbocycles. The maximum atomic E-state index is 4.71. The fraction of sp³-hybridized carbons (Fsp3) is 0.0435. The lowest BCUT2D eigenvalue weighted by Gasteiger charge is -2.02. The van der Waals surface area contributed by atoms with Gasteiger partial charge in [0.2, 0.25) is 0 Å². The molecule has 0 saturated heterocycles. The van der Waals surface area contributed by atoms with E-state index in [9.17, 15) is 0 Å². The van der Waals surface area contributed by atoms with Crippen LogP contribution < -0.4 is 0 Å². The van der Waals surface area contributed by atoms with Gasteiger partial charge in [-0.3, -0.25) is 0 Å². The Morgan fingerprint density at radius 3 is 1.62 bits per heavy atom. The van der Waals surface area contributed by atoms with Crippen LogP contribution in [0.5, 0.6) is 0 Å². The van der Waals surface area contributed by atoms with Gasteiger partial charge in [-0.1, -0.05) is 24.3 Å². The molecule has 0 radical (unpaired) electrons. The third kappa shape index (κ3) is 3.06. The molecule has 0 bridgehead atoms. The lowest BCUT2D eigenvalue weighted by Crippen LogP contribution is -1.88. The normalized spacial score (nSPS) is 11.6. The highest BCUT2D eigenvalue weighted by atomic mass is 32.1. The first-order chi connectivity index (χ1) is 14.3. The van der Waals surface area contributed by atoms with Crippen LogP contribution in [0.25, 0.3) is 43.5 Å². The molecule has 6 rings (SSSR count). The van der Waals surface area contributed by atoms with Crippen molar-refractivity contribution in [3.63, 3.8) is 0 Å². The van der Waals surface area contributed by atoms with Crippen molar-refractivity contribution in [2.24, 2.45) is 0 Å². The molecule has 0 atom stereocenters. The minimum absolute atomic E-state index is 0.868. The van der Waals surface area contributed by atoms with Gasteiger partial charge in [-0.05, 0) is 64.7 Å². The van der Waals surface area contributed by atoms with E-state index in [0.29, 0.717) is 0 Å². The lowest BCUT2D eigenvalue weighted by atomic mass is 10.0. The van der Waals surface area contributed by atoms with Crippen LogP contribution in [0.4, 0.5) is 0 Å². The minimum atomic E-state index is 0.868. The van der Waals surface area contributed by atoms with Crippen molar-refractivity contribution in [3.05, 3.63) is 82.6 Å². The Balaban J connectivity index is 1.31. The molecule has 6 aromatic rings. The smallest absolute Gasteiger partial charge is 0.148 e. The van der Waals surface area contributed by atoms with Gasteiger partial charge in [0.05, 0.1) is 31.8 Å². The molecule has 4 nitrogen and oxygen atoms in total. The summed E-state index contributed by atoms with van der Waals surface area (Å²) in [6.45, 7) is 0. The van der Waals surface area contributed by atoms with Crippen LogP contribution >= 0.6 is 22.7 Å². The number of aromatic nitrogens is 4. The summed E-state index contributed by atoms with van der Waals surface area (Å²) in [4.78, 5) is 18.7. The maximum absolute atomic E-state index is 4.71. The molecular weight excluding hydrogens is 396 g/mol. The number of imidazole rings is 2. The first kappa shape index (κ1) is 16.7. The Morgan fingerprint density at radius 1 is 0.655 bits per heavy atom. The van der Waals surface area contributed by atoms with Crippen LogP contribution in [-0.2, 0) is 6.42 Å². The van der Waals surface area contributed by atoms with Crippen molar-refractivity contribution in [2.45, 2.75) is 6.42 Å². The second kappa shape index (κ2) is 6.69. The fourth-order valence-electron chi connectivity index (χ4n) is 3.63. The SMILES string of the molecule is c1csc(-c2nc3ccc(Cc4ccc5nc(-c6cccs6)[nH]c5c4)cc3[nH]2)c1. The van der Waals surface area contributed by atoms with E-state index in [-0.39, 0.29) is 0 Å². The Kier molecular flexibility index (Phi) is 3.85. The van der Waals surface area contributed by atoms with E-state index in [1.165, 1.54) is 11.1 Å². The topological polar surface area (TPSA) is 57.4 Å². The van der Waals surface area contributed by atoms with Gasteiger partial charge < -0.3 is 9.97 Å². The highest BCUT2D eigenvalue weighted by molar-refractivity contribution is 7.13. The zero-order valence-corrected chi connectivity index (χ0v) is 17.0. The third-order valence-corrected chi connectivity index (χ3v) is 6.76.